The maximum absolute atomic E-state index is 13.5. The summed E-state index contributed by atoms with van der Waals surface area (Å²) in [4.78, 5) is 13.5. The lowest BCUT2D eigenvalue weighted by Gasteiger charge is -2.20. The largest absolute Gasteiger partial charge is 0.340 e. The van der Waals surface area contributed by atoms with Crippen molar-refractivity contribution in [3.05, 3.63) is 107 Å². The van der Waals surface area contributed by atoms with Gasteiger partial charge >= 0.3 is 0 Å². The van der Waals surface area contributed by atoms with Gasteiger partial charge in [0.05, 0.1) is 0 Å². The molecule has 0 amide bonds. The summed E-state index contributed by atoms with van der Waals surface area (Å²) in [6.07, 6.45) is 15.0. The highest BCUT2D eigenvalue weighted by molar-refractivity contribution is 6.21. The molecule has 0 N–H and O–H groups in total. The second kappa shape index (κ2) is 14.6. The van der Waals surface area contributed by atoms with Gasteiger partial charge in [-0.1, -0.05) is 115 Å². The molecule has 1 aliphatic carbocycles. The second-order valence-corrected chi connectivity index (χ2v) is 14.5. The quantitative estimate of drug-likeness (QED) is 0.108. The SMILES string of the molecule is CCCCC(CC)Cn1c2ccccc2c2cc(/C=C3/C/C(=C\c4ccc5c(c4)c4ccccc4n5CC(CC)CCCC)C3=O)ccc21. The maximum Gasteiger partial charge on any atom is 0.185 e. The number of allylic oxidation sites excluding steroid dienone is 2. The predicted octanol–water partition coefficient (Wildman–Crippen LogP) is 12.8. The van der Waals surface area contributed by atoms with E-state index >= 15 is 0 Å². The van der Waals surface area contributed by atoms with Crippen molar-refractivity contribution in [1.82, 2.24) is 9.13 Å². The van der Waals surface area contributed by atoms with Crippen LogP contribution in [0.5, 0.6) is 0 Å². The van der Waals surface area contributed by atoms with Crippen molar-refractivity contribution >= 4 is 61.5 Å². The fraction of sp³-hybridized carbons (Fsp3) is 0.370. The maximum atomic E-state index is 13.5. The van der Waals surface area contributed by atoms with Gasteiger partial charge in [-0.3, -0.25) is 4.79 Å². The number of hydrogen-bond donors (Lipinski definition) is 0. The van der Waals surface area contributed by atoms with E-state index in [9.17, 15) is 4.79 Å². The highest BCUT2D eigenvalue weighted by atomic mass is 16.1. The molecule has 7 rings (SSSR count). The minimum atomic E-state index is 0.175. The van der Waals surface area contributed by atoms with Crippen molar-refractivity contribution < 1.29 is 4.79 Å². The number of fused-ring (bicyclic) bond motifs is 6. The Morgan fingerprint density at radius 1 is 0.571 bits per heavy atom. The topological polar surface area (TPSA) is 26.9 Å². The van der Waals surface area contributed by atoms with Crippen molar-refractivity contribution in [2.45, 2.75) is 98.6 Å². The fourth-order valence-electron chi connectivity index (χ4n) is 8.17. The molecule has 4 aromatic carbocycles. The normalized spacial score (nSPS) is 16.4. The minimum Gasteiger partial charge on any atom is -0.340 e. The van der Waals surface area contributed by atoms with Gasteiger partial charge in [0.15, 0.2) is 5.78 Å². The zero-order valence-corrected chi connectivity index (χ0v) is 30.0. The zero-order valence-electron chi connectivity index (χ0n) is 30.0. The van der Waals surface area contributed by atoms with Crippen molar-refractivity contribution in [3.63, 3.8) is 0 Å². The highest BCUT2D eigenvalue weighted by Crippen LogP contribution is 2.37. The van der Waals surface area contributed by atoms with E-state index in [1.807, 2.05) is 0 Å². The van der Waals surface area contributed by atoms with Crippen LogP contribution in [0, 0.1) is 11.8 Å². The fourth-order valence-corrected chi connectivity index (χ4v) is 8.17. The van der Waals surface area contributed by atoms with Gasteiger partial charge in [0.2, 0.25) is 0 Å². The number of rotatable bonds is 14. The molecule has 0 saturated heterocycles. The lowest BCUT2D eigenvalue weighted by Crippen LogP contribution is -2.18. The number of carbonyl (C=O) groups excluding carboxylic acids is 1. The Balaban J connectivity index is 1.14. The van der Waals surface area contributed by atoms with Gasteiger partial charge in [-0.25, -0.2) is 0 Å². The number of unbranched alkanes of at least 4 members (excludes halogenated alkanes) is 2. The Hall–Kier alpha value is -4.37. The van der Waals surface area contributed by atoms with E-state index in [0.717, 1.165) is 35.4 Å². The van der Waals surface area contributed by atoms with Crippen molar-refractivity contribution in [3.8, 4) is 0 Å². The molecule has 3 heteroatoms. The van der Waals surface area contributed by atoms with Gasteiger partial charge in [-0.2, -0.15) is 0 Å². The molecule has 0 bridgehead atoms. The summed E-state index contributed by atoms with van der Waals surface area (Å²) >= 11 is 0. The Morgan fingerprint density at radius 2 is 1.00 bits per heavy atom. The first kappa shape index (κ1) is 33.1. The predicted molar refractivity (Wildman–Crippen MR) is 211 cm³/mol. The number of hydrogen-bond acceptors (Lipinski definition) is 1. The molecule has 252 valence electrons. The molecular formula is C46H52N2O. The third-order valence-electron chi connectivity index (χ3n) is 11.2. The molecule has 1 fully saturated rings. The molecule has 1 aliphatic rings. The van der Waals surface area contributed by atoms with Gasteiger partial charge < -0.3 is 9.13 Å². The molecule has 2 aromatic heterocycles. The average molecular weight is 649 g/mol. The molecular weight excluding hydrogens is 597 g/mol. The van der Waals surface area contributed by atoms with Gasteiger partial charge in [-0.05, 0) is 84.4 Å². The lowest BCUT2D eigenvalue weighted by molar-refractivity contribution is -0.114. The highest BCUT2D eigenvalue weighted by Gasteiger charge is 2.27. The molecule has 49 heavy (non-hydrogen) atoms. The lowest BCUT2D eigenvalue weighted by atomic mass is 9.82. The van der Waals surface area contributed by atoms with E-state index in [-0.39, 0.29) is 5.78 Å². The van der Waals surface area contributed by atoms with Crippen molar-refractivity contribution in [2.75, 3.05) is 0 Å². The van der Waals surface area contributed by atoms with Crippen LogP contribution in [0.2, 0.25) is 0 Å². The minimum absolute atomic E-state index is 0.175. The molecule has 1 saturated carbocycles. The zero-order chi connectivity index (χ0) is 33.9. The first-order chi connectivity index (χ1) is 24.0. The van der Waals surface area contributed by atoms with Crippen LogP contribution in [0.4, 0.5) is 0 Å². The summed E-state index contributed by atoms with van der Waals surface area (Å²) in [6.45, 7) is 11.3. The third-order valence-corrected chi connectivity index (χ3v) is 11.2. The number of aromatic nitrogens is 2. The number of ketones is 1. The van der Waals surface area contributed by atoms with E-state index < -0.39 is 0 Å². The van der Waals surface area contributed by atoms with Crippen LogP contribution < -0.4 is 0 Å². The van der Waals surface area contributed by atoms with Crippen LogP contribution in [-0.2, 0) is 17.9 Å². The molecule has 0 spiro atoms. The summed E-state index contributed by atoms with van der Waals surface area (Å²) in [5, 5.41) is 5.15. The average Bonchev–Trinajstić information content (AvgIpc) is 3.62. The number of carbonyl (C=O) groups is 1. The standard InChI is InChI=1S/C46H52N2O/c1-5-9-15-32(7-3)30-47-42-19-13-11-17-38(42)40-27-34(21-23-44(40)47)25-36-29-37(46(36)49)26-35-22-24-45-41(28-35)39-18-12-14-20-43(39)48(45)31-33(8-4)16-10-6-2/h11-14,17-28,32-33H,5-10,15-16,29-31H2,1-4H3/b36-25-,37-26+. The first-order valence-corrected chi connectivity index (χ1v) is 19.0. The second-order valence-electron chi connectivity index (χ2n) is 14.5. The summed E-state index contributed by atoms with van der Waals surface area (Å²) in [5.74, 6) is 1.54. The number of para-hydroxylation sites is 2. The number of nitrogens with zero attached hydrogens (tertiary/aromatic N) is 2. The van der Waals surface area contributed by atoms with Crippen LogP contribution in [0.3, 0.4) is 0 Å². The van der Waals surface area contributed by atoms with Gasteiger partial charge in [-0.15, -0.1) is 0 Å². The molecule has 6 aromatic rings. The molecule has 2 atom stereocenters. The smallest absolute Gasteiger partial charge is 0.185 e. The molecule has 2 heterocycles. The van der Waals surface area contributed by atoms with Crippen LogP contribution in [-0.4, -0.2) is 14.9 Å². The Bertz CT molecular complexity index is 2030. The van der Waals surface area contributed by atoms with Gasteiger partial charge in [0.25, 0.3) is 0 Å². The third kappa shape index (κ3) is 6.53. The van der Waals surface area contributed by atoms with E-state index in [1.165, 1.54) is 95.0 Å². The van der Waals surface area contributed by atoms with Crippen LogP contribution in [0.1, 0.15) is 96.6 Å². The number of benzene rings is 4. The van der Waals surface area contributed by atoms with E-state index in [0.29, 0.717) is 18.3 Å². The monoisotopic (exact) mass is 648 g/mol. The molecule has 0 radical (unpaired) electrons. The van der Waals surface area contributed by atoms with E-state index in [4.69, 9.17) is 0 Å². The molecule has 0 aliphatic heterocycles. The van der Waals surface area contributed by atoms with Crippen LogP contribution in [0.15, 0.2) is 96.1 Å². The Morgan fingerprint density at radius 3 is 1.41 bits per heavy atom. The summed E-state index contributed by atoms with van der Waals surface area (Å²) in [6, 6.07) is 31.1. The summed E-state index contributed by atoms with van der Waals surface area (Å²) in [5.41, 5.74) is 9.21. The van der Waals surface area contributed by atoms with Crippen molar-refractivity contribution in [2.24, 2.45) is 11.8 Å². The van der Waals surface area contributed by atoms with E-state index in [2.05, 4.69) is 134 Å². The Labute approximate surface area is 292 Å². The summed E-state index contributed by atoms with van der Waals surface area (Å²) in [7, 11) is 0. The molecule has 2 unspecified atom stereocenters. The van der Waals surface area contributed by atoms with Crippen LogP contribution in [0.25, 0.3) is 55.8 Å². The Kier molecular flexibility index (Phi) is 9.89. The first-order valence-electron chi connectivity index (χ1n) is 19.0. The van der Waals surface area contributed by atoms with E-state index in [1.54, 1.807) is 0 Å². The number of Topliss-reactive ketones (excluding diaryl/α,β-unsaturated/α-hetero) is 1. The molecule has 3 nitrogen and oxygen atoms in total. The van der Waals surface area contributed by atoms with Crippen LogP contribution >= 0.6 is 0 Å². The van der Waals surface area contributed by atoms with Gasteiger partial charge in [0.1, 0.15) is 0 Å². The summed E-state index contributed by atoms with van der Waals surface area (Å²) < 4.78 is 5.06. The van der Waals surface area contributed by atoms with Gasteiger partial charge in [0, 0.05) is 74.3 Å². The van der Waals surface area contributed by atoms with Crippen molar-refractivity contribution in [1.29, 1.82) is 0 Å².